The third-order valence-electron chi connectivity index (χ3n) is 5.82. The van der Waals surface area contributed by atoms with Crippen molar-refractivity contribution in [3.05, 3.63) is 84.7 Å². The summed E-state index contributed by atoms with van der Waals surface area (Å²) in [7, 11) is -2.26. The van der Waals surface area contributed by atoms with Crippen molar-refractivity contribution in [2.75, 3.05) is 16.7 Å². The molecule has 0 saturated heterocycles. The molecule has 0 radical (unpaired) electrons. The summed E-state index contributed by atoms with van der Waals surface area (Å²) >= 11 is 0. The molecule has 1 aliphatic rings. The van der Waals surface area contributed by atoms with E-state index in [-0.39, 0.29) is 17.3 Å². The Labute approximate surface area is 192 Å². The number of sulfonamides is 1. The van der Waals surface area contributed by atoms with Gasteiger partial charge in [-0.1, -0.05) is 36.4 Å². The van der Waals surface area contributed by atoms with Crippen LogP contribution in [0, 0.1) is 0 Å². The third-order valence-corrected chi connectivity index (χ3v) is 7.61. The summed E-state index contributed by atoms with van der Waals surface area (Å²) in [4.78, 5) is 17.8. The Kier molecular flexibility index (Phi) is 5.38. The van der Waals surface area contributed by atoms with E-state index in [4.69, 9.17) is 4.98 Å². The van der Waals surface area contributed by atoms with Gasteiger partial charge in [-0.2, -0.15) is 0 Å². The Morgan fingerprint density at radius 2 is 1.76 bits per heavy atom. The molecule has 1 heterocycles. The van der Waals surface area contributed by atoms with Crippen LogP contribution in [0.4, 0.5) is 11.4 Å². The van der Waals surface area contributed by atoms with Gasteiger partial charge >= 0.3 is 0 Å². The van der Waals surface area contributed by atoms with Gasteiger partial charge in [-0.3, -0.25) is 9.10 Å². The van der Waals surface area contributed by atoms with Crippen LogP contribution < -0.4 is 9.62 Å². The summed E-state index contributed by atoms with van der Waals surface area (Å²) in [5.41, 5.74) is 2.80. The van der Waals surface area contributed by atoms with Gasteiger partial charge in [0.15, 0.2) is 0 Å². The Morgan fingerprint density at radius 3 is 2.52 bits per heavy atom. The highest BCUT2D eigenvalue weighted by molar-refractivity contribution is 7.92. The zero-order chi connectivity index (χ0) is 23.0. The van der Waals surface area contributed by atoms with Gasteiger partial charge in [-0.05, 0) is 55.3 Å². The highest BCUT2D eigenvalue weighted by Crippen LogP contribution is 2.40. The predicted octanol–water partition coefficient (Wildman–Crippen LogP) is 4.38. The number of para-hydroxylation sites is 3. The van der Waals surface area contributed by atoms with Gasteiger partial charge in [0.1, 0.15) is 12.4 Å². The van der Waals surface area contributed by atoms with Crippen molar-refractivity contribution < 1.29 is 13.2 Å². The molecule has 4 aromatic rings. The number of nitrogens with one attached hydrogen (secondary N) is 1. The molecule has 0 aliphatic heterocycles. The summed E-state index contributed by atoms with van der Waals surface area (Å²) in [5.74, 6) is 1.10. The SMILES string of the molecule is CN(c1ccccc1)S(=O)(=O)c1cccc(NC(=O)Cn2c(C3CC3)nc3ccccc32)c1. The minimum Gasteiger partial charge on any atom is -0.324 e. The fourth-order valence-electron chi connectivity index (χ4n) is 3.93. The number of carbonyl (C=O) groups is 1. The number of amides is 1. The molecule has 3 aromatic carbocycles. The molecular weight excluding hydrogens is 436 g/mol. The van der Waals surface area contributed by atoms with Crippen LogP contribution in [0.3, 0.4) is 0 Å². The van der Waals surface area contributed by atoms with E-state index < -0.39 is 10.0 Å². The van der Waals surface area contributed by atoms with Crippen molar-refractivity contribution >= 4 is 38.3 Å². The Morgan fingerprint density at radius 1 is 1.03 bits per heavy atom. The Hall–Kier alpha value is -3.65. The lowest BCUT2D eigenvalue weighted by atomic mass is 10.3. The van der Waals surface area contributed by atoms with Gasteiger partial charge in [0.2, 0.25) is 5.91 Å². The highest BCUT2D eigenvalue weighted by Gasteiger charge is 2.30. The van der Waals surface area contributed by atoms with Crippen LogP contribution in [0.5, 0.6) is 0 Å². The molecule has 7 nitrogen and oxygen atoms in total. The van der Waals surface area contributed by atoms with Gasteiger partial charge in [-0.15, -0.1) is 0 Å². The van der Waals surface area contributed by atoms with Gasteiger partial charge in [-0.25, -0.2) is 13.4 Å². The maximum absolute atomic E-state index is 13.1. The number of imidazole rings is 1. The van der Waals surface area contributed by atoms with E-state index in [1.807, 2.05) is 34.9 Å². The van der Waals surface area contributed by atoms with E-state index in [0.29, 0.717) is 17.3 Å². The molecule has 1 fully saturated rings. The molecule has 5 rings (SSSR count). The minimum absolute atomic E-state index is 0.110. The number of hydrogen-bond donors (Lipinski definition) is 1. The maximum Gasteiger partial charge on any atom is 0.264 e. The molecule has 1 aromatic heterocycles. The largest absolute Gasteiger partial charge is 0.324 e. The number of hydrogen-bond acceptors (Lipinski definition) is 4. The molecule has 0 bridgehead atoms. The second-order valence-corrected chi connectivity index (χ2v) is 10.2. The lowest BCUT2D eigenvalue weighted by molar-refractivity contribution is -0.116. The van der Waals surface area contributed by atoms with Crippen molar-refractivity contribution in [1.82, 2.24) is 9.55 Å². The third kappa shape index (κ3) is 4.21. The van der Waals surface area contributed by atoms with Crippen LogP contribution >= 0.6 is 0 Å². The van der Waals surface area contributed by atoms with E-state index >= 15 is 0 Å². The minimum atomic E-state index is -3.77. The summed E-state index contributed by atoms with van der Waals surface area (Å²) < 4.78 is 29.4. The van der Waals surface area contributed by atoms with Crippen molar-refractivity contribution in [2.45, 2.75) is 30.2 Å². The number of fused-ring (bicyclic) bond motifs is 1. The molecule has 33 heavy (non-hydrogen) atoms. The second-order valence-electron chi connectivity index (χ2n) is 8.20. The zero-order valence-corrected chi connectivity index (χ0v) is 19.0. The van der Waals surface area contributed by atoms with Gasteiger partial charge < -0.3 is 9.88 Å². The lowest BCUT2D eigenvalue weighted by Crippen LogP contribution is -2.26. The number of benzene rings is 3. The first-order valence-electron chi connectivity index (χ1n) is 10.8. The van der Waals surface area contributed by atoms with Gasteiger partial charge in [0, 0.05) is 18.7 Å². The monoisotopic (exact) mass is 460 g/mol. The van der Waals surface area contributed by atoms with Crippen LogP contribution in [0.15, 0.2) is 83.8 Å². The average molecular weight is 461 g/mol. The summed E-state index contributed by atoms with van der Waals surface area (Å²) in [6.07, 6.45) is 2.17. The summed E-state index contributed by atoms with van der Waals surface area (Å²) in [6, 6.07) is 23.0. The number of nitrogens with zero attached hydrogens (tertiary/aromatic N) is 3. The Balaban J connectivity index is 1.37. The molecule has 0 atom stereocenters. The topological polar surface area (TPSA) is 84.3 Å². The maximum atomic E-state index is 13.1. The highest BCUT2D eigenvalue weighted by atomic mass is 32.2. The van der Waals surface area contributed by atoms with Crippen LogP contribution in [-0.2, 0) is 21.4 Å². The molecule has 168 valence electrons. The van der Waals surface area contributed by atoms with Crippen molar-refractivity contribution in [3.63, 3.8) is 0 Å². The van der Waals surface area contributed by atoms with E-state index in [1.54, 1.807) is 36.4 Å². The first-order chi connectivity index (χ1) is 15.9. The quantitative estimate of drug-likeness (QED) is 0.444. The number of rotatable bonds is 7. The molecule has 1 aliphatic carbocycles. The van der Waals surface area contributed by atoms with Crippen molar-refractivity contribution in [3.8, 4) is 0 Å². The molecule has 8 heteroatoms. The molecule has 1 saturated carbocycles. The first-order valence-corrected chi connectivity index (χ1v) is 12.3. The predicted molar refractivity (Wildman–Crippen MR) is 129 cm³/mol. The average Bonchev–Trinajstić information content (AvgIpc) is 3.61. The fraction of sp³-hybridized carbons (Fsp3) is 0.200. The smallest absolute Gasteiger partial charge is 0.264 e. The normalized spacial score (nSPS) is 13.7. The van der Waals surface area contributed by atoms with E-state index in [2.05, 4.69) is 5.32 Å². The molecule has 0 unspecified atom stereocenters. The number of carbonyl (C=O) groups excluding carboxylic acids is 1. The lowest BCUT2D eigenvalue weighted by Gasteiger charge is -2.20. The zero-order valence-electron chi connectivity index (χ0n) is 18.2. The van der Waals surface area contributed by atoms with Crippen LogP contribution in [0.25, 0.3) is 11.0 Å². The van der Waals surface area contributed by atoms with Crippen LogP contribution in [0.2, 0.25) is 0 Å². The molecular formula is C25H24N4O3S. The van der Waals surface area contributed by atoms with Gasteiger partial charge in [0.25, 0.3) is 10.0 Å². The Bertz CT molecular complexity index is 1430. The van der Waals surface area contributed by atoms with Crippen LogP contribution in [-0.4, -0.2) is 30.9 Å². The van der Waals surface area contributed by atoms with E-state index in [9.17, 15) is 13.2 Å². The number of aromatic nitrogens is 2. The van der Waals surface area contributed by atoms with Crippen molar-refractivity contribution in [2.24, 2.45) is 0 Å². The second kappa shape index (κ2) is 8.37. The van der Waals surface area contributed by atoms with E-state index in [1.165, 1.54) is 23.5 Å². The van der Waals surface area contributed by atoms with Crippen molar-refractivity contribution in [1.29, 1.82) is 0 Å². The number of anilines is 2. The summed E-state index contributed by atoms with van der Waals surface area (Å²) in [6.45, 7) is 0.118. The fourth-order valence-corrected chi connectivity index (χ4v) is 5.17. The molecule has 1 N–H and O–H groups in total. The van der Waals surface area contributed by atoms with Crippen LogP contribution in [0.1, 0.15) is 24.6 Å². The molecule has 0 spiro atoms. The summed E-state index contributed by atoms with van der Waals surface area (Å²) in [5, 5.41) is 2.85. The first kappa shape index (κ1) is 21.2. The van der Waals surface area contributed by atoms with Gasteiger partial charge in [0.05, 0.1) is 21.6 Å². The standard InChI is InChI=1S/C25H24N4O3S/c1-28(20-9-3-2-4-10-20)33(31,32)21-11-7-8-19(16-21)26-24(30)17-29-23-13-6-5-12-22(23)27-25(29)18-14-15-18/h2-13,16,18H,14-15,17H2,1H3,(H,26,30). The van der Waals surface area contributed by atoms with E-state index in [0.717, 1.165) is 29.7 Å². The molecule has 1 amide bonds.